The Morgan fingerprint density at radius 3 is 1.71 bits per heavy atom. The van der Waals surface area contributed by atoms with E-state index in [1.165, 1.54) is 5.56 Å². The molecule has 0 amide bonds. The van der Waals surface area contributed by atoms with Crippen LogP contribution in [-0.4, -0.2) is 6.16 Å². The molecule has 0 atom stereocenters. The van der Waals surface area contributed by atoms with Crippen molar-refractivity contribution in [2.24, 2.45) is 0 Å². The predicted molar refractivity (Wildman–Crippen MR) is 41.4 cm³/mol. The second-order valence-electron chi connectivity index (χ2n) is 1.87. The van der Waals surface area contributed by atoms with Gasteiger partial charge in [0.1, 0.15) is 0 Å². The minimum absolute atomic E-state index is 0. The van der Waals surface area contributed by atoms with Crippen molar-refractivity contribution in [1.82, 2.24) is 0 Å². The third-order valence-electron chi connectivity index (χ3n) is 0.997. The van der Waals surface area contributed by atoms with Gasteiger partial charge in [-0.25, -0.2) is 0 Å². The molecule has 0 spiro atoms. The Hall–Kier alpha value is 2.05. The molecule has 1 rings (SSSR count). The molecular weight excluding hydrogens is 258 g/mol. The first kappa shape index (κ1) is 21.3. The summed E-state index contributed by atoms with van der Waals surface area (Å²) in [5, 5.41) is 16.7. The van der Waals surface area contributed by atoms with Crippen molar-refractivity contribution in [2.45, 2.75) is 5.88 Å². The zero-order chi connectivity index (χ0) is 9.40. The number of halogens is 1. The van der Waals surface area contributed by atoms with Crippen LogP contribution >= 0.6 is 11.6 Å². The summed E-state index contributed by atoms with van der Waals surface area (Å²) in [5.74, 6) is 0.612. The van der Waals surface area contributed by atoms with Crippen molar-refractivity contribution in [2.75, 3.05) is 0 Å². The average Bonchev–Trinajstić information content (AvgIpc) is 2.05. The number of carbonyl (C=O) groups excluding carboxylic acids is 1. The third kappa shape index (κ3) is 16.5. The molecule has 0 fully saturated rings. The van der Waals surface area contributed by atoms with Crippen LogP contribution in [-0.2, 0) is 5.88 Å². The van der Waals surface area contributed by atoms with Crippen molar-refractivity contribution in [3.63, 3.8) is 0 Å². The summed E-state index contributed by atoms with van der Waals surface area (Å²) in [6.45, 7) is 0. The first-order valence-corrected chi connectivity index (χ1v) is 3.68. The van der Waals surface area contributed by atoms with E-state index >= 15 is 0 Å². The van der Waals surface area contributed by atoms with Crippen LogP contribution in [0.5, 0.6) is 0 Å². The Morgan fingerprint density at radius 2 is 1.50 bits per heavy atom. The molecule has 1 aromatic rings. The fourth-order valence-corrected chi connectivity index (χ4v) is 0.745. The summed E-state index contributed by atoms with van der Waals surface area (Å²) >= 11 is 5.53. The zero-order valence-corrected chi connectivity index (χ0v) is 15.2. The third-order valence-corrected chi connectivity index (χ3v) is 1.31. The molecule has 0 radical (unpaired) electrons. The normalized spacial score (nSPS) is 6.93. The molecule has 0 saturated heterocycles. The van der Waals surface area contributed by atoms with Gasteiger partial charge in [0.2, 0.25) is 0 Å². The van der Waals surface area contributed by atoms with Gasteiger partial charge in [0.15, 0.2) is 0 Å². The number of alkyl halides is 1. The van der Waals surface area contributed by atoms with E-state index in [4.69, 9.17) is 26.6 Å². The van der Waals surface area contributed by atoms with Gasteiger partial charge >= 0.3 is 103 Å². The number of hydrogen-bond acceptors (Lipinski definition) is 3. The quantitative estimate of drug-likeness (QED) is 0.375. The van der Waals surface area contributed by atoms with Gasteiger partial charge in [0.05, 0.1) is 0 Å². The van der Waals surface area contributed by atoms with E-state index in [0.717, 1.165) is 0 Å². The monoisotopic (exact) mass is 264 g/mol. The van der Waals surface area contributed by atoms with Gasteiger partial charge in [-0.05, 0) is 11.7 Å². The minimum atomic E-state index is -2.33. The zero-order valence-electron chi connectivity index (χ0n) is 8.20. The average molecular weight is 265 g/mol. The SMILES string of the molecule is ClCc1ccccc1.O=C([O-])[O-].[K+].[K+]. The van der Waals surface area contributed by atoms with Crippen molar-refractivity contribution in [3.8, 4) is 0 Å². The minimum Gasteiger partial charge on any atom is -0.652 e. The van der Waals surface area contributed by atoms with Crippen molar-refractivity contribution in [3.05, 3.63) is 35.9 Å². The van der Waals surface area contributed by atoms with Crippen LogP contribution < -0.4 is 113 Å². The number of carbonyl (C=O) groups is 1. The van der Waals surface area contributed by atoms with Crippen LogP contribution in [0.2, 0.25) is 0 Å². The van der Waals surface area contributed by atoms with Gasteiger partial charge in [-0.3, -0.25) is 0 Å². The molecule has 6 heteroatoms. The van der Waals surface area contributed by atoms with Gasteiger partial charge in [0.25, 0.3) is 0 Å². The molecule has 0 saturated carbocycles. The van der Waals surface area contributed by atoms with Gasteiger partial charge in [0, 0.05) is 5.88 Å². The fraction of sp³-hybridized carbons (Fsp3) is 0.125. The molecule has 1 aromatic carbocycles. The number of carboxylic acid groups (broad SMARTS) is 2. The van der Waals surface area contributed by atoms with E-state index in [1.54, 1.807) is 0 Å². The van der Waals surface area contributed by atoms with Gasteiger partial charge in [-0.15, -0.1) is 11.6 Å². The van der Waals surface area contributed by atoms with Crippen LogP contribution in [0.15, 0.2) is 30.3 Å². The van der Waals surface area contributed by atoms with Gasteiger partial charge < -0.3 is 15.0 Å². The largest absolute Gasteiger partial charge is 1.00 e. The summed E-state index contributed by atoms with van der Waals surface area (Å²) in [4.78, 5) is 8.33. The molecule has 0 unspecified atom stereocenters. The molecule has 3 nitrogen and oxygen atoms in total. The Bertz CT molecular complexity index is 227. The topological polar surface area (TPSA) is 63.2 Å². The number of rotatable bonds is 1. The molecule has 0 aliphatic rings. The van der Waals surface area contributed by atoms with E-state index in [-0.39, 0.29) is 103 Å². The smallest absolute Gasteiger partial charge is 0.652 e. The molecule has 0 N–H and O–H groups in total. The Balaban J connectivity index is -0.000000180. The maximum absolute atomic E-state index is 8.33. The second kappa shape index (κ2) is 15.1. The molecule has 14 heavy (non-hydrogen) atoms. The summed E-state index contributed by atoms with van der Waals surface area (Å²) in [7, 11) is 0. The van der Waals surface area contributed by atoms with E-state index < -0.39 is 6.16 Å². The van der Waals surface area contributed by atoms with E-state index in [1.807, 2.05) is 30.3 Å². The molecule has 0 aromatic heterocycles. The molecule has 0 bridgehead atoms. The van der Waals surface area contributed by atoms with Crippen LogP contribution in [0.4, 0.5) is 4.79 Å². The molecule has 0 heterocycles. The summed E-state index contributed by atoms with van der Waals surface area (Å²) in [5.41, 5.74) is 1.18. The van der Waals surface area contributed by atoms with Crippen molar-refractivity contribution >= 4 is 17.8 Å². The Labute approximate surface area is 173 Å². The van der Waals surface area contributed by atoms with Crippen molar-refractivity contribution < 1.29 is 118 Å². The second-order valence-corrected chi connectivity index (χ2v) is 2.14. The van der Waals surface area contributed by atoms with Crippen molar-refractivity contribution in [1.29, 1.82) is 0 Å². The first-order chi connectivity index (χ1) is 5.66. The van der Waals surface area contributed by atoms with Gasteiger partial charge in [-0.1, -0.05) is 30.3 Å². The molecule has 66 valence electrons. The maximum Gasteiger partial charge on any atom is 1.00 e. The van der Waals surface area contributed by atoms with Crippen LogP contribution in [0.25, 0.3) is 0 Å². The first-order valence-electron chi connectivity index (χ1n) is 3.14. The molecular formula is C8H7ClK2O3. The summed E-state index contributed by atoms with van der Waals surface area (Å²) in [6, 6.07) is 9.96. The van der Waals surface area contributed by atoms with E-state index in [0.29, 0.717) is 5.88 Å². The van der Waals surface area contributed by atoms with Crippen LogP contribution in [0.1, 0.15) is 5.56 Å². The fourth-order valence-electron chi connectivity index (χ4n) is 0.567. The standard InChI is InChI=1S/C7H7Cl.CH2O3.2K/c8-6-7-4-2-1-3-5-7;2-1(3)4;;/h1-5H,6H2;(H2,2,3,4);;/q;;2*+1/p-2. The van der Waals surface area contributed by atoms with Crippen LogP contribution in [0.3, 0.4) is 0 Å². The summed E-state index contributed by atoms with van der Waals surface area (Å²) in [6.07, 6.45) is -2.33. The van der Waals surface area contributed by atoms with E-state index in [9.17, 15) is 0 Å². The molecule has 0 aliphatic carbocycles. The van der Waals surface area contributed by atoms with Gasteiger partial charge in [-0.2, -0.15) is 0 Å². The predicted octanol–water partition coefficient (Wildman–Crippen LogP) is -6.01. The Kier molecular flexibility index (Phi) is 23.0. The Morgan fingerprint density at radius 1 is 1.14 bits per heavy atom. The maximum atomic E-state index is 8.33. The number of hydrogen-bond donors (Lipinski definition) is 0. The van der Waals surface area contributed by atoms with E-state index in [2.05, 4.69) is 0 Å². The summed E-state index contributed by atoms with van der Waals surface area (Å²) < 4.78 is 0. The van der Waals surface area contributed by atoms with Crippen LogP contribution in [0, 0.1) is 0 Å². The number of benzene rings is 1. The molecule has 0 aliphatic heterocycles.